The van der Waals surface area contributed by atoms with Crippen LogP contribution in [0.1, 0.15) is 0 Å². The smallest absolute Gasteiger partial charge is 0.164 e. The van der Waals surface area contributed by atoms with Gasteiger partial charge in [-0.1, -0.05) is 146 Å². The Hall–Kier alpha value is -8.67. The molecule has 5 nitrogen and oxygen atoms in total. The van der Waals surface area contributed by atoms with Gasteiger partial charge in [-0.05, 0) is 132 Å². The predicted molar refractivity (Wildman–Crippen MR) is 263 cm³/mol. The number of pyridine rings is 2. The molecular formula is C59H37N5. The Balaban J connectivity index is 1.10. The van der Waals surface area contributed by atoms with E-state index in [0.29, 0.717) is 17.5 Å². The molecule has 3 aromatic heterocycles. The first kappa shape index (κ1) is 37.1. The van der Waals surface area contributed by atoms with Gasteiger partial charge in [-0.25, -0.2) is 15.0 Å². The molecule has 5 heteroatoms. The Labute approximate surface area is 370 Å². The van der Waals surface area contributed by atoms with Crippen molar-refractivity contribution in [2.75, 3.05) is 0 Å². The second kappa shape index (κ2) is 15.7. The zero-order chi connectivity index (χ0) is 42.4. The van der Waals surface area contributed by atoms with Crippen LogP contribution in [0.5, 0.6) is 0 Å². The Morgan fingerprint density at radius 3 is 1.48 bits per heavy atom. The largest absolute Gasteiger partial charge is 0.256 e. The molecule has 0 saturated heterocycles. The van der Waals surface area contributed by atoms with Crippen LogP contribution in [0.2, 0.25) is 0 Å². The van der Waals surface area contributed by atoms with Gasteiger partial charge in [-0.2, -0.15) is 0 Å². The summed E-state index contributed by atoms with van der Waals surface area (Å²) in [6, 6.07) is 74.7. The number of rotatable bonds is 7. The second-order valence-corrected chi connectivity index (χ2v) is 16.1. The lowest BCUT2D eigenvalue weighted by Gasteiger charge is -2.16. The highest BCUT2D eigenvalue weighted by Gasteiger charge is 2.18. The number of nitrogens with zero attached hydrogens (tertiary/aromatic N) is 5. The topological polar surface area (TPSA) is 64.5 Å². The van der Waals surface area contributed by atoms with E-state index in [9.17, 15) is 0 Å². The maximum absolute atomic E-state index is 5.30. The minimum Gasteiger partial charge on any atom is -0.256 e. The fourth-order valence-electron chi connectivity index (χ4n) is 8.88. The van der Waals surface area contributed by atoms with Crippen molar-refractivity contribution in [1.82, 2.24) is 24.9 Å². The lowest BCUT2D eigenvalue weighted by molar-refractivity contribution is 1.08. The minimum absolute atomic E-state index is 0.575. The average Bonchev–Trinajstić information content (AvgIpc) is 3.38. The summed E-state index contributed by atoms with van der Waals surface area (Å²) in [7, 11) is 0. The second-order valence-electron chi connectivity index (χ2n) is 16.1. The third-order valence-electron chi connectivity index (χ3n) is 12.1. The Bertz CT molecular complexity index is 3620. The van der Waals surface area contributed by atoms with Crippen molar-refractivity contribution in [1.29, 1.82) is 0 Å². The summed E-state index contributed by atoms with van der Waals surface area (Å²) in [5.41, 5.74) is 10.8. The molecule has 0 aliphatic heterocycles. The van der Waals surface area contributed by atoms with Crippen molar-refractivity contribution >= 4 is 43.1 Å². The molecule has 298 valence electrons. The van der Waals surface area contributed by atoms with E-state index in [-0.39, 0.29) is 0 Å². The first-order valence-corrected chi connectivity index (χ1v) is 21.5. The summed E-state index contributed by atoms with van der Waals surface area (Å²) in [5.74, 6) is 1.78. The molecule has 0 radical (unpaired) electrons. The molecule has 12 rings (SSSR count). The molecule has 0 amide bonds. The number of benzene rings is 9. The van der Waals surface area contributed by atoms with E-state index in [1.165, 1.54) is 21.9 Å². The van der Waals surface area contributed by atoms with Crippen LogP contribution < -0.4 is 0 Å². The maximum Gasteiger partial charge on any atom is 0.164 e. The molecule has 9 aromatic carbocycles. The molecule has 0 bridgehead atoms. The van der Waals surface area contributed by atoms with E-state index in [1.54, 1.807) is 0 Å². The quantitative estimate of drug-likeness (QED) is 0.150. The maximum atomic E-state index is 5.30. The van der Waals surface area contributed by atoms with Gasteiger partial charge >= 0.3 is 0 Å². The summed E-state index contributed by atoms with van der Waals surface area (Å²) in [5, 5.41) is 9.29. The molecule has 0 unspecified atom stereocenters. The highest BCUT2D eigenvalue weighted by atomic mass is 15.0. The van der Waals surface area contributed by atoms with Gasteiger partial charge in [0.15, 0.2) is 17.5 Å². The van der Waals surface area contributed by atoms with E-state index in [4.69, 9.17) is 19.9 Å². The van der Waals surface area contributed by atoms with Crippen LogP contribution in [0.3, 0.4) is 0 Å². The molecule has 0 aliphatic carbocycles. The van der Waals surface area contributed by atoms with E-state index >= 15 is 0 Å². The van der Waals surface area contributed by atoms with Crippen LogP contribution >= 0.6 is 0 Å². The first-order valence-electron chi connectivity index (χ1n) is 21.5. The third-order valence-corrected chi connectivity index (χ3v) is 12.1. The summed E-state index contributed by atoms with van der Waals surface area (Å²) >= 11 is 0. The Kier molecular flexibility index (Phi) is 9.08. The Morgan fingerprint density at radius 1 is 0.250 bits per heavy atom. The number of hydrogen-bond donors (Lipinski definition) is 0. The van der Waals surface area contributed by atoms with Gasteiger partial charge in [0.05, 0.1) is 11.4 Å². The Morgan fingerprint density at radius 2 is 0.812 bits per heavy atom. The number of fused-ring (bicyclic) bond motifs is 5. The monoisotopic (exact) mass is 815 g/mol. The molecule has 0 aliphatic rings. The van der Waals surface area contributed by atoms with Crippen molar-refractivity contribution in [3.8, 4) is 78.9 Å². The SMILES string of the molecule is c1ccc(-c2ccc3c(-c4cc(-c5ccc(-c6ccccn6)cn5)cc(-c5nc(-c6ccc7ccccc7c6)nc(-c6ccc7ccccc7c6)n5)c4)cc4ccccc4c3c2)cc1. The van der Waals surface area contributed by atoms with E-state index < -0.39 is 0 Å². The molecule has 0 spiro atoms. The average molecular weight is 816 g/mol. The van der Waals surface area contributed by atoms with Gasteiger partial charge < -0.3 is 0 Å². The summed E-state index contributed by atoms with van der Waals surface area (Å²) in [6.07, 6.45) is 3.71. The molecule has 0 saturated carbocycles. The molecular weight excluding hydrogens is 779 g/mol. The highest BCUT2D eigenvalue weighted by molar-refractivity contribution is 6.15. The fourth-order valence-corrected chi connectivity index (χ4v) is 8.88. The van der Waals surface area contributed by atoms with Gasteiger partial charge in [0.25, 0.3) is 0 Å². The summed E-state index contributed by atoms with van der Waals surface area (Å²) < 4.78 is 0. The molecule has 64 heavy (non-hydrogen) atoms. The van der Waals surface area contributed by atoms with Crippen molar-refractivity contribution in [3.05, 3.63) is 225 Å². The standard InChI is InChI=1S/C59H37N5/c1-2-12-38(13-3-1)43-25-27-52-53(36-44-18-8-9-19-51(44)54(52)35-43)48-32-49(56-28-26-47(37-61-56)55-20-10-11-29-60-55)34-50(33-48)59-63-57(45-23-21-39-14-4-6-16-41(39)30-45)62-58(64-59)46-24-22-40-15-5-7-17-42(40)31-46/h1-37H. The van der Waals surface area contributed by atoms with Gasteiger partial charge in [-0.15, -0.1) is 0 Å². The zero-order valence-electron chi connectivity index (χ0n) is 34.6. The molecule has 0 fully saturated rings. The van der Waals surface area contributed by atoms with E-state index in [0.717, 1.165) is 82.6 Å². The van der Waals surface area contributed by atoms with Crippen molar-refractivity contribution in [2.45, 2.75) is 0 Å². The minimum atomic E-state index is 0.575. The van der Waals surface area contributed by atoms with Crippen LogP contribution in [-0.2, 0) is 0 Å². The lowest BCUT2D eigenvalue weighted by atomic mass is 9.89. The third kappa shape index (κ3) is 6.91. The molecule has 12 aromatic rings. The van der Waals surface area contributed by atoms with Gasteiger partial charge in [-0.3, -0.25) is 9.97 Å². The van der Waals surface area contributed by atoms with Crippen molar-refractivity contribution in [3.63, 3.8) is 0 Å². The van der Waals surface area contributed by atoms with Crippen molar-refractivity contribution < 1.29 is 0 Å². The van der Waals surface area contributed by atoms with Crippen LogP contribution in [0.4, 0.5) is 0 Å². The molecule has 0 atom stereocenters. The van der Waals surface area contributed by atoms with E-state index in [1.807, 2.05) is 30.6 Å². The van der Waals surface area contributed by atoms with Crippen LogP contribution in [0, 0.1) is 0 Å². The molecule has 3 heterocycles. The lowest BCUT2D eigenvalue weighted by Crippen LogP contribution is -2.01. The summed E-state index contributed by atoms with van der Waals surface area (Å²) in [4.78, 5) is 25.4. The zero-order valence-corrected chi connectivity index (χ0v) is 34.6. The predicted octanol–water partition coefficient (Wildman–Crippen LogP) is 14.9. The van der Waals surface area contributed by atoms with Gasteiger partial charge in [0.1, 0.15) is 0 Å². The van der Waals surface area contributed by atoms with Crippen LogP contribution in [0.25, 0.3) is 122 Å². The van der Waals surface area contributed by atoms with Crippen LogP contribution in [-0.4, -0.2) is 24.9 Å². The van der Waals surface area contributed by atoms with Gasteiger partial charge in [0.2, 0.25) is 0 Å². The van der Waals surface area contributed by atoms with Gasteiger partial charge in [0, 0.05) is 40.2 Å². The normalized spacial score (nSPS) is 11.4. The van der Waals surface area contributed by atoms with Crippen molar-refractivity contribution in [2.24, 2.45) is 0 Å². The van der Waals surface area contributed by atoms with Crippen LogP contribution in [0.15, 0.2) is 225 Å². The number of aromatic nitrogens is 5. The summed E-state index contributed by atoms with van der Waals surface area (Å²) in [6.45, 7) is 0. The first-order chi connectivity index (χ1) is 31.7. The van der Waals surface area contributed by atoms with E-state index in [2.05, 4.69) is 199 Å². The fraction of sp³-hybridized carbons (Fsp3) is 0. The molecule has 0 N–H and O–H groups in total. The number of hydrogen-bond acceptors (Lipinski definition) is 5. The highest BCUT2D eigenvalue weighted by Crippen LogP contribution is 2.40.